The predicted octanol–water partition coefficient (Wildman–Crippen LogP) is 0.999. The molecule has 0 atom stereocenters. The van der Waals surface area contributed by atoms with E-state index in [-0.39, 0.29) is 5.82 Å². The Bertz CT molecular complexity index is 432. The number of rotatable bonds is 1. The van der Waals surface area contributed by atoms with Crippen LogP contribution in [0.2, 0.25) is 0 Å². The van der Waals surface area contributed by atoms with Gasteiger partial charge in [-0.3, -0.25) is 0 Å². The zero-order chi connectivity index (χ0) is 10.6. The van der Waals surface area contributed by atoms with Crippen molar-refractivity contribution in [2.45, 2.75) is 0 Å². The van der Waals surface area contributed by atoms with Gasteiger partial charge in [0.2, 0.25) is 0 Å². The van der Waals surface area contributed by atoms with Crippen molar-refractivity contribution >= 4 is 13.3 Å². The lowest BCUT2D eigenvalue weighted by Crippen LogP contribution is -2.44. The maximum absolute atomic E-state index is 12.9. The summed E-state index contributed by atoms with van der Waals surface area (Å²) in [7, 11) is -2.78. The van der Waals surface area contributed by atoms with E-state index in [1.54, 1.807) is 12.1 Å². The van der Waals surface area contributed by atoms with Crippen molar-refractivity contribution in [1.29, 1.82) is 0 Å². The van der Waals surface area contributed by atoms with Crippen molar-refractivity contribution in [3.63, 3.8) is 0 Å². The number of halogens is 1. The van der Waals surface area contributed by atoms with Gasteiger partial charge in [0.05, 0.1) is 0 Å². The minimum Gasteiger partial charge on any atom is -0.207 e. The molecule has 0 saturated carbocycles. The van der Waals surface area contributed by atoms with E-state index in [2.05, 4.69) is 16.6 Å². The van der Waals surface area contributed by atoms with Crippen molar-refractivity contribution < 1.29 is 4.39 Å². The molecule has 1 aromatic carbocycles. The van der Waals surface area contributed by atoms with Crippen LogP contribution in [0, 0.1) is 41.7 Å². The third kappa shape index (κ3) is 1.55. The van der Waals surface area contributed by atoms with Crippen molar-refractivity contribution in [3.05, 3.63) is 30.1 Å². The molecular weight excluding hydrogens is 191 g/mol. The normalized spacial score (nSPS) is 9.57. The molecule has 0 heterocycles. The minimum atomic E-state index is -2.78. The summed E-state index contributed by atoms with van der Waals surface area (Å²) in [5.74, 6) is -0.375. The van der Waals surface area contributed by atoms with Crippen molar-refractivity contribution in [1.82, 2.24) is 0 Å². The number of hydrogen-bond donors (Lipinski definition) is 0. The Kier molecular flexibility index (Phi) is 2.78. The largest absolute Gasteiger partial charge is 0.320 e. The molecule has 0 aliphatic rings. The SMILES string of the molecule is C#C[Si](C#C)(C#C)c1cccc(F)c1. The molecule has 14 heavy (non-hydrogen) atoms. The van der Waals surface area contributed by atoms with E-state index >= 15 is 0 Å². The second-order valence-electron chi connectivity index (χ2n) is 2.69. The van der Waals surface area contributed by atoms with E-state index < -0.39 is 8.07 Å². The van der Waals surface area contributed by atoms with E-state index in [9.17, 15) is 4.39 Å². The van der Waals surface area contributed by atoms with Gasteiger partial charge < -0.3 is 0 Å². The average molecular weight is 198 g/mol. The second kappa shape index (κ2) is 3.84. The third-order valence-corrected chi connectivity index (χ3v) is 4.38. The summed E-state index contributed by atoms with van der Waals surface area (Å²) >= 11 is 0. The Morgan fingerprint density at radius 1 is 1.07 bits per heavy atom. The average Bonchev–Trinajstić information content (AvgIpc) is 2.22. The molecule has 1 aromatic rings. The van der Waals surface area contributed by atoms with Crippen LogP contribution in [0.1, 0.15) is 0 Å². The van der Waals surface area contributed by atoms with Crippen LogP contribution in [0.25, 0.3) is 0 Å². The van der Waals surface area contributed by atoms with Crippen LogP contribution in [-0.2, 0) is 0 Å². The highest BCUT2D eigenvalue weighted by Gasteiger charge is 2.29. The first-order valence-electron chi connectivity index (χ1n) is 3.88. The molecule has 0 amide bonds. The first-order chi connectivity index (χ1) is 6.68. The standard InChI is InChI=1S/C12H7FSi/c1-4-14(5-2,6-3)12-9-7-8-11(13)10-12/h1-3,7-10H. The zero-order valence-electron chi connectivity index (χ0n) is 7.42. The molecule has 0 bridgehead atoms. The number of benzene rings is 1. The van der Waals surface area contributed by atoms with Gasteiger partial charge in [-0.15, -0.1) is 19.3 Å². The topological polar surface area (TPSA) is 0 Å². The molecule has 0 aromatic heterocycles. The van der Waals surface area contributed by atoms with Gasteiger partial charge in [0.15, 0.2) is 0 Å². The number of terminal acetylenes is 3. The maximum atomic E-state index is 12.9. The fourth-order valence-electron chi connectivity index (χ4n) is 1.10. The molecule has 0 unspecified atom stereocenters. The summed E-state index contributed by atoms with van der Waals surface area (Å²) in [4.78, 5) is 0. The van der Waals surface area contributed by atoms with Crippen LogP contribution < -0.4 is 5.19 Å². The summed E-state index contributed by atoms with van der Waals surface area (Å²) in [5, 5.41) is 0.574. The van der Waals surface area contributed by atoms with Crippen LogP contribution in [0.15, 0.2) is 24.3 Å². The summed E-state index contributed by atoms with van der Waals surface area (Å²) in [5.41, 5.74) is 7.38. The van der Waals surface area contributed by atoms with E-state index in [4.69, 9.17) is 19.3 Å². The highest BCUT2D eigenvalue weighted by molar-refractivity contribution is 7.10. The maximum Gasteiger partial charge on any atom is 0.320 e. The molecule has 0 N–H and O–H groups in total. The van der Waals surface area contributed by atoms with E-state index in [1.807, 2.05) is 0 Å². The molecule has 0 radical (unpaired) electrons. The van der Waals surface area contributed by atoms with Gasteiger partial charge >= 0.3 is 8.07 Å². The quantitative estimate of drug-likeness (QED) is 0.466. The van der Waals surface area contributed by atoms with Crippen molar-refractivity contribution in [3.8, 4) is 35.9 Å². The van der Waals surface area contributed by atoms with Crippen LogP contribution in [0.5, 0.6) is 0 Å². The smallest absolute Gasteiger partial charge is 0.207 e. The molecule has 1 rings (SSSR count). The molecule has 2 heteroatoms. The molecule has 0 fully saturated rings. The second-order valence-corrected chi connectivity index (χ2v) is 5.64. The first-order valence-corrected chi connectivity index (χ1v) is 5.88. The molecule has 0 nitrogen and oxygen atoms in total. The minimum absolute atomic E-state index is 0.375. The summed E-state index contributed by atoms with van der Waals surface area (Å²) in [6.07, 6.45) is 15.9. The number of hydrogen-bond acceptors (Lipinski definition) is 0. The lowest BCUT2D eigenvalue weighted by molar-refractivity contribution is 0.629. The van der Waals surface area contributed by atoms with Gasteiger partial charge in [-0.05, 0) is 17.3 Å². The van der Waals surface area contributed by atoms with E-state index in [1.165, 1.54) is 12.1 Å². The first kappa shape index (κ1) is 10.1. The Balaban J connectivity index is 3.38. The lowest BCUT2D eigenvalue weighted by Gasteiger charge is -2.12. The molecule has 0 saturated heterocycles. The van der Waals surface area contributed by atoms with Crippen LogP contribution in [-0.4, -0.2) is 8.07 Å². The van der Waals surface area contributed by atoms with Crippen molar-refractivity contribution in [2.75, 3.05) is 0 Å². The molecular formula is C12H7FSi. The summed E-state index contributed by atoms with van der Waals surface area (Å²) in [6, 6.07) is 5.87. The van der Waals surface area contributed by atoms with Crippen molar-refractivity contribution in [2.24, 2.45) is 0 Å². The third-order valence-electron chi connectivity index (χ3n) is 1.91. The highest BCUT2D eigenvalue weighted by Crippen LogP contribution is 2.02. The Morgan fingerprint density at radius 3 is 2.07 bits per heavy atom. The Labute approximate surface area is 84.2 Å². The highest BCUT2D eigenvalue weighted by atomic mass is 28.3. The predicted molar refractivity (Wildman–Crippen MR) is 58.3 cm³/mol. The van der Waals surface area contributed by atoms with E-state index in [0.29, 0.717) is 5.19 Å². The molecule has 66 valence electrons. The Morgan fingerprint density at radius 2 is 1.64 bits per heavy atom. The fourth-order valence-corrected chi connectivity index (χ4v) is 2.55. The van der Waals surface area contributed by atoms with Gasteiger partial charge in [0.1, 0.15) is 5.82 Å². The molecule has 0 aliphatic carbocycles. The van der Waals surface area contributed by atoms with Gasteiger partial charge in [-0.2, -0.15) is 0 Å². The zero-order valence-corrected chi connectivity index (χ0v) is 8.42. The summed E-state index contributed by atoms with van der Waals surface area (Å²) in [6.45, 7) is 0. The van der Waals surface area contributed by atoms with Crippen LogP contribution >= 0.6 is 0 Å². The van der Waals surface area contributed by atoms with Crippen LogP contribution in [0.3, 0.4) is 0 Å². The van der Waals surface area contributed by atoms with Crippen LogP contribution in [0.4, 0.5) is 4.39 Å². The monoisotopic (exact) mass is 198 g/mol. The lowest BCUT2D eigenvalue weighted by atomic mass is 10.3. The summed E-state index contributed by atoms with van der Waals surface area (Å²) < 4.78 is 12.9. The van der Waals surface area contributed by atoms with Gasteiger partial charge in [-0.1, -0.05) is 28.8 Å². The van der Waals surface area contributed by atoms with E-state index in [0.717, 1.165) is 0 Å². The van der Waals surface area contributed by atoms with Gasteiger partial charge in [-0.25, -0.2) is 4.39 Å². The van der Waals surface area contributed by atoms with Gasteiger partial charge in [0.25, 0.3) is 0 Å². The molecule has 0 spiro atoms. The molecule has 0 aliphatic heterocycles. The fraction of sp³-hybridized carbons (Fsp3) is 0. The van der Waals surface area contributed by atoms with Gasteiger partial charge in [0, 0.05) is 0 Å². The Hall–Kier alpha value is -1.95.